The lowest BCUT2D eigenvalue weighted by atomic mass is 10.2. The highest BCUT2D eigenvalue weighted by molar-refractivity contribution is 5.22. The van der Waals surface area contributed by atoms with Crippen LogP contribution in [0.1, 0.15) is 26.2 Å². The van der Waals surface area contributed by atoms with Crippen molar-refractivity contribution in [3.05, 3.63) is 30.1 Å². The first kappa shape index (κ1) is 14.3. The molecule has 1 aliphatic carbocycles. The Bertz CT molecular complexity index is 382. The van der Waals surface area contributed by atoms with Gasteiger partial charge in [0.25, 0.3) is 0 Å². The Labute approximate surface area is 113 Å². The average Bonchev–Trinajstić information content (AvgIpc) is 3.15. The van der Waals surface area contributed by atoms with Crippen LogP contribution in [0.25, 0.3) is 0 Å². The molecule has 106 valence electrons. The van der Waals surface area contributed by atoms with Gasteiger partial charge in [-0.15, -0.1) is 0 Å². The summed E-state index contributed by atoms with van der Waals surface area (Å²) < 4.78 is 18.1. The van der Waals surface area contributed by atoms with Crippen LogP contribution in [0.3, 0.4) is 0 Å². The van der Waals surface area contributed by atoms with E-state index in [9.17, 15) is 9.50 Å². The second-order valence-electron chi connectivity index (χ2n) is 5.22. The van der Waals surface area contributed by atoms with Crippen molar-refractivity contribution in [1.29, 1.82) is 0 Å². The zero-order valence-corrected chi connectivity index (χ0v) is 11.3. The molecule has 1 saturated carbocycles. The van der Waals surface area contributed by atoms with Crippen molar-refractivity contribution in [3.63, 3.8) is 0 Å². The zero-order valence-electron chi connectivity index (χ0n) is 11.3. The molecule has 2 N–H and O–H groups in total. The summed E-state index contributed by atoms with van der Waals surface area (Å²) in [7, 11) is 0. The van der Waals surface area contributed by atoms with Crippen LogP contribution < -0.4 is 10.1 Å². The number of halogens is 1. The third-order valence-electron chi connectivity index (χ3n) is 3.45. The first-order valence-corrected chi connectivity index (χ1v) is 6.99. The van der Waals surface area contributed by atoms with Crippen LogP contribution in [-0.4, -0.2) is 30.4 Å². The van der Waals surface area contributed by atoms with Crippen LogP contribution in [0.5, 0.6) is 5.75 Å². The van der Waals surface area contributed by atoms with E-state index in [1.807, 2.05) is 0 Å². The summed E-state index contributed by atoms with van der Waals surface area (Å²) in [6.45, 7) is 2.97. The molecule has 0 aliphatic heterocycles. The van der Waals surface area contributed by atoms with Crippen LogP contribution in [0.15, 0.2) is 24.3 Å². The minimum atomic E-state index is -0.534. The van der Waals surface area contributed by atoms with Crippen molar-refractivity contribution in [1.82, 2.24) is 5.32 Å². The maximum Gasteiger partial charge on any atom is 0.123 e. The van der Waals surface area contributed by atoms with E-state index < -0.39 is 6.10 Å². The standard InChI is InChI=1S/C15H22FNO2/c1-2-3-11-8-15(11)17-9-13(18)10-19-14-6-4-12(16)5-7-14/h4-7,11,13,15,17-18H,2-3,8-10H2,1H3. The van der Waals surface area contributed by atoms with Crippen molar-refractivity contribution in [2.45, 2.75) is 38.3 Å². The summed E-state index contributed by atoms with van der Waals surface area (Å²) in [5.74, 6) is 1.08. The van der Waals surface area contributed by atoms with E-state index in [-0.39, 0.29) is 12.4 Å². The third kappa shape index (κ3) is 4.80. The molecule has 1 aliphatic rings. The van der Waals surface area contributed by atoms with Crippen LogP contribution in [-0.2, 0) is 0 Å². The molecule has 19 heavy (non-hydrogen) atoms. The van der Waals surface area contributed by atoms with E-state index in [0.29, 0.717) is 18.3 Å². The van der Waals surface area contributed by atoms with Gasteiger partial charge in [0.1, 0.15) is 24.3 Å². The molecule has 1 fully saturated rings. The van der Waals surface area contributed by atoms with Gasteiger partial charge in [0, 0.05) is 12.6 Å². The van der Waals surface area contributed by atoms with Crippen molar-refractivity contribution < 1.29 is 14.2 Å². The highest BCUT2D eigenvalue weighted by Crippen LogP contribution is 2.34. The fourth-order valence-corrected chi connectivity index (χ4v) is 2.26. The molecule has 3 nitrogen and oxygen atoms in total. The lowest BCUT2D eigenvalue weighted by Gasteiger charge is -2.13. The Morgan fingerprint density at radius 1 is 1.42 bits per heavy atom. The van der Waals surface area contributed by atoms with Crippen LogP contribution in [0, 0.1) is 11.7 Å². The van der Waals surface area contributed by atoms with Crippen LogP contribution in [0.4, 0.5) is 4.39 Å². The normalized spacial score (nSPS) is 23.1. The molecule has 0 saturated heterocycles. The van der Waals surface area contributed by atoms with Crippen molar-refractivity contribution in [3.8, 4) is 5.75 Å². The van der Waals surface area contributed by atoms with Gasteiger partial charge >= 0.3 is 0 Å². The molecular weight excluding hydrogens is 245 g/mol. The minimum Gasteiger partial charge on any atom is -0.491 e. The molecule has 1 aromatic rings. The number of ether oxygens (including phenoxy) is 1. The number of hydrogen-bond acceptors (Lipinski definition) is 3. The molecule has 0 bridgehead atoms. The molecule has 0 radical (unpaired) electrons. The van der Waals surface area contributed by atoms with E-state index in [1.165, 1.54) is 31.4 Å². The number of hydrogen-bond donors (Lipinski definition) is 2. The number of rotatable bonds is 8. The summed E-state index contributed by atoms with van der Waals surface area (Å²) in [5, 5.41) is 13.1. The highest BCUT2D eigenvalue weighted by atomic mass is 19.1. The van der Waals surface area contributed by atoms with Crippen LogP contribution >= 0.6 is 0 Å². The fraction of sp³-hybridized carbons (Fsp3) is 0.600. The Morgan fingerprint density at radius 2 is 2.16 bits per heavy atom. The smallest absolute Gasteiger partial charge is 0.123 e. The van der Waals surface area contributed by atoms with E-state index in [4.69, 9.17) is 4.74 Å². The summed E-state index contributed by atoms with van der Waals surface area (Å²) in [6, 6.07) is 6.39. The van der Waals surface area contributed by atoms with Gasteiger partial charge in [-0.2, -0.15) is 0 Å². The molecule has 2 rings (SSSR count). The maximum absolute atomic E-state index is 12.7. The lowest BCUT2D eigenvalue weighted by Crippen LogP contribution is -2.33. The molecule has 3 atom stereocenters. The second-order valence-corrected chi connectivity index (χ2v) is 5.22. The molecule has 4 heteroatoms. The van der Waals surface area contributed by atoms with E-state index in [2.05, 4.69) is 12.2 Å². The molecule has 0 amide bonds. The number of aliphatic hydroxyl groups is 1. The SMILES string of the molecule is CCCC1CC1NCC(O)COc1ccc(F)cc1. The van der Waals surface area contributed by atoms with Gasteiger partial charge in [-0.05, 0) is 43.0 Å². The first-order chi connectivity index (χ1) is 9.19. The Kier molecular flexibility index (Phi) is 5.16. The fourth-order valence-electron chi connectivity index (χ4n) is 2.26. The first-order valence-electron chi connectivity index (χ1n) is 6.99. The molecule has 0 aromatic heterocycles. The van der Waals surface area contributed by atoms with Gasteiger partial charge in [-0.25, -0.2) is 4.39 Å². The highest BCUT2D eigenvalue weighted by Gasteiger charge is 2.35. The molecule has 0 heterocycles. The summed E-state index contributed by atoms with van der Waals surface area (Å²) >= 11 is 0. The maximum atomic E-state index is 12.7. The monoisotopic (exact) mass is 267 g/mol. The summed E-state index contributed by atoms with van der Waals surface area (Å²) in [4.78, 5) is 0. The molecule has 1 aromatic carbocycles. The second kappa shape index (κ2) is 6.87. The Hall–Kier alpha value is -1.13. The minimum absolute atomic E-state index is 0.226. The van der Waals surface area contributed by atoms with Gasteiger partial charge in [0.2, 0.25) is 0 Å². The molecule has 3 unspecified atom stereocenters. The van der Waals surface area contributed by atoms with E-state index in [1.54, 1.807) is 12.1 Å². The van der Waals surface area contributed by atoms with Crippen LogP contribution in [0.2, 0.25) is 0 Å². The van der Waals surface area contributed by atoms with E-state index in [0.717, 1.165) is 5.92 Å². The Balaban J connectivity index is 1.60. The predicted octanol–water partition coefficient (Wildman–Crippen LogP) is 2.34. The van der Waals surface area contributed by atoms with Gasteiger partial charge in [-0.3, -0.25) is 0 Å². The van der Waals surface area contributed by atoms with Gasteiger partial charge in [0.05, 0.1) is 0 Å². The topological polar surface area (TPSA) is 41.5 Å². The van der Waals surface area contributed by atoms with Crippen molar-refractivity contribution in [2.24, 2.45) is 5.92 Å². The van der Waals surface area contributed by atoms with Gasteiger partial charge in [0.15, 0.2) is 0 Å². The van der Waals surface area contributed by atoms with Crippen molar-refractivity contribution in [2.75, 3.05) is 13.2 Å². The van der Waals surface area contributed by atoms with Gasteiger partial charge < -0.3 is 15.2 Å². The van der Waals surface area contributed by atoms with Crippen molar-refractivity contribution >= 4 is 0 Å². The predicted molar refractivity (Wildman–Crippen MR) is 72.7 cm³/mol. The Morgan fingerprint density at radius 3 is 2.84 bits per heavy atom. The summed E-state index contributed by atoms with van der Waals surface area (Å²) in [6.07, 6.45) is 3.17. The quantitative estimate of drug-likeness (QED) is 0.759. The molecular formula is C15H22FNO2. The van der Waals surface area contributed by atoms with E-state index >= 15 is 0 Å². The average molecular weight is 267 g/mol. The largest absolute Gasteiger partial charge is 0.491 e. The number of nitrogens with one attached hydrogen (secondary N) is 1. The summed E-state index contributed by atoms with van der Waals surface area (Å²) in [5.41, 5.74) is 0. The molecule has 0 spiro atoms. The lowest BCUT2D eigenvalue weighted by molar-refractivity contribution is 0.105. The number of benzene rings is 1. The third-order valence-corrected chi connectivity index (χ3v) is 3.45. The number of aliphatic hydroxyl groups excluding tert-OH is 1. The van der Waals surface area contributed by atoms with Gasteiger partial charge in [-0.1, -0.05) is 13.3 Å². The zero-order chi connectivity index (χ0) is 13.7.